The molecular weight excluding hydrogens is 184 g/mol. The lowest BCUT2D eigenvalue weighted by Crippen LogP contribution is -2.04. The summed E-state index contributed by atoms with van der Waals surface area (Å²) < 4.78 is 4.92. The van der Waals surface area contributed by atoms with Crippen molar-refractivity contribution in [3.63, 3.8) is 0 Å². The third-order valence-electron chi connectivity index (χ3n) is 1.89. The molecule has 6 heteroatoms. The van der Waals surface area contributed by atoms with Crippen LogP contribution in [-0.2, 0) is 0 Å². The molecule has 0 atom stereocenters. The summed E-state index contributed by atoms with van der Waals surface area (Å²) in [7, 11) is 0. The van der Waals surface area contributed by atoms with E-state index in [-0.39, 0.29) is 11.4 Å². The molecule has 2 aromatic heterocycles. The number of aromatic nitrogens is 3. The molecule has 0 bridgehead atoms. The van der Waals surface area contributed by atoms with E-state index in [1.54, 1.807) is 13.1 Å². The van der Waals surface area contributed by atoms with Crippen LogP contribution in [0.5, 0.6) is 0 Å². The highest BCUT2D eigenvalue weighted by Crippen LogP contribution is 2.23. The van der Waals surface area contributed by atoms with Gasteiger partial charge in [0.1, 0.15) is 12.0 Å². The van der Waals surface area contributed by atoms with E-state index in [0.29, 0.717) is 11.3 Å². The summed E-state index contributed by atoms with van der Waals surface area (Å²) in [6.07, 6.45) is 2.96. The van der Waals surface area contributed by atoms with Gasteiger partial charge >= 0.3 is 5.56 Å². The second kappa shape index (κ2) is 2.99. The minimum atomic E-state index is -0.441. The summed E-state index contributed by atoms with van der Waals surface area (Å²) >= 11 is 0. The molecule has 2 aromatic rings. The van der Waals surface area contributed by atoms with Crippen molar-refractivity contribution in [2.75, 3.05) is 5.73 Å². The smallest absolute Gasteiger partial charge is 0.303 e. The Labute approximate surface area is 78.8 Å². The van der Waals surface area contributed by atoms with Gasteiger partial charge in [0.2, 0.25) is 0 Å². The number of hydrogen-bond acceptors (Lipinski definition) is 5. The van der Waals surface area contributed by atoms with Gasteiger partial charge in [0.05, 0.1) is 11.3 Å². The Kier molecular flexibility index (Phi) is 1.81. The lowest BCUT2D eigenvalue weighted by molar-refractivity contribution is 0.425. The van der Waals surface area contributed by atoms with Crippen LogP contribution in [0, 0.1) is 6.92 Å². The van der Waals surface area contributed by atoms with Gasteiger partial charge in [-0.15, -0.1) is 0 Å². The SMILES string of the molecule is Cc1ncncc1-c1o[nH]c(=O)c1N. The number of rotatable bonds is 1. The van der Waals surface area contributed by atoms with Gasteiger partial charge in [-0.3, -0.25) is 4.79 Å². The summed E-state index contributed by atoms with van der Waals surface area (Å²) in [6, 6.07) is 0. The van der Waals surface area contributed by atoms with Gasteiger partial charge < -0.3 is 10.3 Å². The topological polar surface area (TPSA) is 97.8 Å². The van der Waals surface area contributed by atoms with Crippen molar-refractivity contribution >= 4 is 5.69 Å². The minimum Gasteiger partial charge on any atom is -0.391 e. The van der Waals surface area contributed by atoms with E-state index >= 15 is 0 Å². The Bertz CT molecular complexity index is 514. The van der Waals surface area contributed by atoms with Crippen LogP contribution in [0.3, 0.4) is 0 Å². The van der Waals surface area contributed by atoms with Crippen LogP contribution in [0.2, 0.25) is 0 Å². The molecule has 0 fully saturated rings. The van der Waals surface area contributed by atoms with Crippen molar-refractivity contribution in [2.24, 2.45) is 0 Å². The number of hydrogen-bond donors (Lipinski definition) is 2. The number of nitrogen functional groups attached to an aromatic ring is 1. The first-order valence-electron chi connectivity index (χ1n) is 3.94. The maximum atomic E-state index is 11.0. The fourth-order valence-electron chi connectivity index (χ4n) is 1.12. The molecule has 0 aliphatic rings. The van der Waals surface area contributed by atoms with Gasteiger partial charge in [0.15, 0.2) is 5.76 Å². The summed E-state index contributed by atoms with van der Waals surface area (Å²) in [6.45, 7) is 1.78. The Hall–Kier alpha value is -2.11. The minimum absolute atomic E-state index is 0.0444. The average molecular weight is 192 g/mol. The molecule has 0 saturated heterocycles. The van der Waals surface area contributed by atoms with Crippen LogP contribution in [0.1, 0.15) is 5.69 Å². The third-order valence-corrected chi connectivity index (χ3v) is 1.89. The maximum absolute atomic E-state index is 11.0. The van der Waals surface area contributed by atoms with Crippen LogP contribution in [-0.4, -0.2) is 15.1 Å². The zero-order valence-electron chi connectivity index (χ0n) is 7.44. The largest absolute Gasteiger partial charge is 0.391 e. The standard InChI is InChI=1S/C8H8N4O2/c1-4-5(2-10-3-11-4)7-6(9)8(13)12-14-7/h2-3H,9H2,1H3,(H,12,13). The van der Waals surface area contributed by atoms with Gasteiger partial charge in [-0.2, -0.15) is 5.16 Å². The molecule has 14 heavy (non-hydrogen) atoms. The molecule has 0 unspecified atom stereocenters. The molecule has 0 radical (unpaired) electrons. The first-order chi connectivity index (χ1) is 6.70. The molecule has 0 saturated carbocycles. The van der Waals surface area contributed by atoms with Gasteiger partial charge in [-0.25, -0.2) is 9.97 Å². The fraction of sp³-hybridized carbons (Fsp3) is 0.125. The summed E-state index contributed by atoms with van der Waals surface area (Å²) in [4.78, 5) is 18.8. The van der Waals surface area contributed by atoms with Gasteiger partial charge in [0, 0.05) is 6.20 Å². The number of aryl methyl sites for hydroxylation is 1. The van der Waals surface area contributed by atoms with E-state index in [0.717, 1.165) is 0 Å². The van der Waals surface area contributed by atoms with Crippen LogP contribution < -0.4 is 11.3 Å². The summed E-state index contributed by atoms with van der Waals surface area (Å²) in [5.74, 6) is 0.285. The molecule has 0 amide bonds. The number of nitrogens with zero attached hydrogens (tertiary/aromatic N) is 2. The molecule has 2 rings (SSSR count). The second-order valence-electron chi connectivity index (χ2n) is 2.80. The van der Waals surface area contributed by atoms with Crippen molar-refractivity contribution in [3.8, 4) is 11.3 Å². The number of nitrogens with two attached hydrogens (primary N) is 1. The monoisotopic (exact) mass is 192 g/mol. The van der Waals surface area contributed by atoms with Crippen molar-refractivity contribution in [1.29, 1.82) is 0 Å². The van der Waals surface area contributed by atoms with E-state index in [1.807, 2.05) is 0 Å². The van der Waals surface area contributed by atoms with Crippen molar-refractivity contribution in [2.45, 2.75) is 6.92 Å². The molecule has 6 nitrogen and oxygen atoms in total. The summed E-state index contributed by atoms with van der Waals surface area (Å²) in [5, 5.41) is 2.15. The van der Waals surface area contributed by atoms with Gasteiger partial charge in [-0.1, -0.05) is 0 Å². The van der Waals surface area contributed by atoms with E-state index < -0.39 is 5.56 Å². The first-order valence-corrected chi connectivity index (χ1v) is 3.94. The fourth-order valence-corrected chi connectivity index (χ4v) is 1.12. The van der Waals surface area contributed by atoms with E-state index in [9.17, 15) is 4.79 Å². The molecular formula is C8H8N4O2. The lowest BCUT2D eigenvalue weighted by Gasteiger charge is -1.98. The quantitative estimate of drug-likeness (QED) is 0.677. The number of anilines is 1. The zero-order chi connectivity index (χ0) is 10.1. The number of nitrogens with one attached hydrogen (secondary N) is 1. The van der Waals surface area contributed by atoms with Crippen LogP contribution in [0.25, 0.3) is 11.3 Å². The number of H-pyrrole nitrogens is 1. The normalized spacial score (nSPS) is 10.4. The molecule has 0 aromatic carbocycles. The van der Waals surface area contributed by atoms with Crippen LogP contribution in [0.4, 0.5) is 5.69 Å². The van der Waals surface area contributed by atoms with Crippen molar-refractivity contribution < 1.29 is 4.52 Å². The maximum Gasteiger partial charge on any atom is 0.303 e. The predicted octanol–water partition coefficient (Wildman–Crippen LogP) is 0.316. The highest BCUT2D eigenvalue weighted by Gasteiger charge is 2.13. The Morgan fingerprint density at radius 3 is 2.93 bits per heavy atom. The molecule has 0 spiro atoms. The second-order valence-corrected chi connectivity index (χ2v) is 2.80. The lowest BCUT2D eigenvalue weighted by atomic mass is 10.2. The molecule has 2 heterocycles. The Morgan fingerprint density at radius 2 is 2.36 bits per heavy atom. The van der Waals surface area contributed by atoms with Crippen LogP contribution >= 0.6 is 0 Å². The van der Waals surface area contributed by atoms with Crippen molar-refractivity contribution in [3.05, 3.63) is 28.6 Å². The molecule has 0 aliphatic carbocycles. The Morgan fingerprint density at radius 1 is 1.57 bits per heavy atom. The third kappa shape index (κ3) is 1.17. The first kappa shape index (κ1) is 8.49. The van der Waals surface area contributed by atoms with E-state index in [4.69, 9.17) is 10.3 Å². The van der Waals surface area contributed by atoms with E-state index in [1.165, 1.54) is 6.33 Å². The van der Waals surface area contributed by atoms with Gasteiger partial charge in [0.25, 0.3) is 0 Å². The number of aromatic amines is 1. The van der Waals surface area contributed by atoms with E-state index in [2.05, 4.69) is 15.1 Å². The van der Waals surface area contributed by atoms with Crippen molar-refractivity contribution in [1.82, 2.24) is 15.1 Å². The molecule has 72 valence electrons. The summed E-state index contributed by atoms with van der Waals surface area (Å²) in [5.41, 5.74) is 6.43. The average Bonchev–Trinajstić information content (AvgIpc) is 2.49. The van der Waals surface area contributed by atoms with Crippen LogP contribution in [0.15, 0.2) is 21.8 Å². The highest BCUT2D eigenvalue weighted by atomic mass is 16.5. The molecule has 0 aliphatic heterocycles. The predicted molar refractivity (Wildman–Crippen MR) is 49.5 cm³/mol. The van der Waals surface area contributed by atoms with Gasteiger partial charge in [-0.05, 0) is 6.92 Å². The molecule has 3 N–H and O–H groups in total. The Balaban J connectivity index is 2.66. The highest BCUT2D eigenvalue weighted by molar-refractivity contribution is 5.70. The zero-order valence-corrected chi connectivity index (χ0v) is 7.44.